The minimum absolute atomic E-state index is 0.145. The standard InChI is InChI=1S/C18H20N2O7/c1-10(21)24-8-15-16(25-11(2)22)17(26-12(3)23)18(27-15)20-9-19-13-6-4-5-7-14(13)20/h4-7,9,15-18H,8H2,1-3H3/t15-,16?,17?,18+/m1/s1. The maximum absolute atomic E-state index is 11.7. The molecule has 3 rings (SSSR count). The van der Waals surface area contributed by atoms with E-state index in [-0.39, 0.29) is 6.61 Å². The molecule has 1 aliphatic rings. The summed E-state index contributed by atoms with van der Waals surface area (Å²) >= 11 is 0. The van der Waals surface area contributed by atoms with Crippen molar-refractivity contribution in [1.29, 1.82) is 0 Å². The Morgan fingerprint density at radius 2 is 1.70 bits per heavy atom. The maximum Gasteiger partial charge on any atom is 0.303 e. The number of carbonyl (C=O) groups excluding carboxylic acids is 3. The van der Waals surface area contributed by atoms with Crippen LogP contribution in [0.2, 0.25) is 0 Å². The second kappa shape index (κ2) is 7.75. The van der Waals surface area contributed by atoms with Gasteiger partial charge in [-0.25, -0.2) is 4.98 Å². The summed E-state index contributed by atoms with van der Waals surface area (Å²) in [6.45, 7) is 3.62. The number of para-hydroxylation sites is 2. The van der Waals surface area contributed by atoms with Gasteiger partial charge in [0.05, 0.1) is 17.4 Å². The number of fused-ring (bicyclic) bond motifs is 1. The highest BCUT2D eigenvalue weighted by molar-refractivity contribution is 5.75. The molecular weight excluding hydrogens is 356 g/mol. The van der Waals surface area contributed by atoms with E-state index in [1.54, 1.807) is 10.9 Å². The molecule has 1 saturated heterocycles. The van der Waals surface area contributed by atoms with Crippen molar-refractivity contribution in [3.05, 3.63) is 30.6 Å². The van der Waals surface area contributed by atoms with Gasteiger partial charge in [-0.3, -0.25) is 14.4 Å². The van der Waals surface area contributed by atoms with E-state index in [0.717, 1.165) is 11.0 Å². The van der Waals surface area contributed by atoms with Crippen molar-refractivity contribution >= 4 is 28.9 Å². The van der Waals surface area contributed by atoms with Crippen LogP contribution in [-0.2, 0) is 33.3 Å². The lowest BCUT2D eigenvalue weighted by Gasteiger charge is -2.23. The molecule has 0 N–H and O–H groups in total. The van der Waals surface area contributed by atoms with Crippen LogP contribution in [0.25, 0.3) is 11.0 Å². The second-order valence-electron chi connectivity index (χ2n) is 6.16. The highest BCUT2D eigenvalue weighted by Crippen LogP contribution is 2.36. The van der Waals surface area contributed by atoms with Crippen LogP contribution in [-0.4, -0.2) is 52.4 Å². The summed E-state index contributed by atoms with van der Waals surface area (Å²) < 4.78 is 23.5. The third-order valence-corrected chi connectivity index (χ3v) is 4.10. The van der Waals surface area contributed by atoms with Gasteiger partial charge in [0, 0.05) is 20.8 Å². The van der Waals surface area contributed by atoms with Gasteiger partial charge in [-0.2, -0.15) is 0 Å². The quantitative estimate of drug-likeness (QED) is 0.569. The Bertz CT molecular complexity index is 862. The summed E-state index contributed by atoms with van der Waals surface area (Å²) in [5, 5.41) is 0. The third-order valence-electron chi connectivity index (χ3n) is 4.10. The topological polar surface area (TPSA) is 106 Å². The van der Waals surface area contributed by atoms with Crippen LogP contribution in [0.15, 0.2) is 30.6 Å². The normalized spacial score (nSPS) is 24.6. The van der Waals surface area contributed by atoms with Crippen LogP contribution in [0.4, 0.5) is 0 Å². The molecule has 0 amide bonds. The molecule has 1 fully saturated rings. The van der Waals surface area contributed by atoms with Crippen LogP contribution in [0.5, 0.6) is 0 Å². The zero-order valence-electron chi connectivity index (χ0n) is 15.2. The number of carbonyl (C=O) groups is 3. The van der Waals surface area contributed by atoms with E-state index >= 15 is 0 Å². The van der Waals surface area contributed by atoms with Crippen molar-refractivity contribution in [1.82, 2.24) is 9.55 Å². The molecule has 9 nitrogen and oxygen atoms in total. The van der Waals surface area contributed by atoms with Crippen molar-refractivity contribution in [2.24, 2.45) is 0 Å². The lowest BCUT2D eigenvalue weighted by atomic mass is 10.1. The van der Waals surface area contributed by atoms with Gasteiger partial charge in [0.1, 0.15) is 12.7 Å². The molecule has 2 aromatic rings. The first-order valence-corrected chi connectivity index (χ1v) is 8.41. The van der Waals surface area contributed by atoms with E-state index < -0.39 is 42.4 Å². The van der Waals surface area contributed by atoms with E-state index in [4.69, 9.17) is 18.9 Å². The SMILES string of the molecule is CC(=O)OC[C@H]1O[C@H](n2cnc3ccccc32)C(OC(C)=O)C1OC(C)=O. The number of hydrogen-bond acceptors (Lipinski definition) is 8. The number of ether oxygens (including phenoxy) is 4. The van der Waals surface area contributed by atoms with Gasteiger partial charge in [0.2, 0.25) is 0 Å². The molecule has 27 heavy (non-hydrogen) atoms. The van der Waals surface area contributed by atoms with Gasteiger partial charge in [-0.05, 0) is 12.1 Å². The summed E-state index contributed by atoms with van der Waals surface area (Å²) in [6.07, 6.45) is -1.90. The van der Waals surface area contributed by atoms with Crippen molar-refractivity contribution in [2.45, 2.75) is 45.3 Å². The summed E-state index contributed by atoms with van der Waals surface area (Å²) in [5.41, 5.74) is 1.49. The van der Waals surface area contributed by atoms with Gasteiger partial charge in [0.25, 0.3) is 0 Å². The predicted octanol–water partition coefficient (Wildman–Crippen LogP) is 1.36. The van der Waals surface area contributed by atoms with Crippen LogP contribution in [0, 0.1) is 0 Å². The van der Waals surface area contributed by atoms with Gasteiger partial charge < -0.3 is 23.5 Å². The number of nitrogens with zero attached hydrogens (tertiary/aromatic N) is 2. The van der Waals surface area contributed by atoms with Crippen molar-refractivity contribution in [3.63, 3.8) is 0 Å². The summed E-state index contributed by atoms with van der Waals surface area (Å²) in [7, 11) is 0. The van der Waals surface area contributed by atoms with Crippen LogP contribution >= 0.6 is 0 Å². The lowest BCUT2D eigenvalue weighted by Crippen LogP contribution is -2.40. The van der Waals surface area contributed by atoms with E-state index in [0.29, 0.717) is 0 Å². The van der Waals surface area contributed by atoms with Crippen molar-refractivity contribution < 1.29 is 33.3 Å². The van der Waals surface area contributed by atoms with E-state index in [9.17, 15) is 14.4 Å². The van der Waals surface area contributed by atoms with Crippen LogP contribution in [0.3, 0.4) is 0 Å². The number of aromatic nitrogens is 2. The first-order chi connectivity index (χ1) is 12.9. The molecule has 0 aliphatic carbocycles. The Kier molecular flexibility index (Phi) is 5.41. The van der Waals surface area contributed by atoms with Gasteiger partial charge in [0.15, 0.2) is 18.4 Å². The van der Waals surface area contributed by atoms with E-state index in [1.807, 2.05) is 24.3 Å². The Morgan fingerprint density at radius 3 is 2.37 bits per heavy atom. The molecule has 0 radical (unpaired) electrons. The Morgan fingerprint density at radius 1 is 1.04 bits per heavy atom. The van der Waals surface area contributed by atoms with Gasteiger partial charge >= 0.3 is 17.9 Å². The van der Waals surface area contributed by atoms with Crippen LogP contribution in [0.1, 0.15) is 27.0 Å². The molecule has 0 spiro atoms. The number of rotatable bonds is 5. The Labute approximate surface area is 155 Å². The fraction of sp³-hybridized carbons (Fsp3) is 0.444. The minimum Gasteiger partial charge on any atom is -0.463 e. The number of imidazole rings is 1. The summed E-state index contributed by atoms with van der Waals surface area (Å²) in [4.78, 5) is 38.7. The second-order valence-corrected chi connectivity index (χ2v) is 6.16. The molecule has 2 unspecified atom stereocenters. The highest BCUT2D eigenvalue weighted by atomic mass is 16.7. The molecular formula is C18H20N2O7. The number of hydrogen-bond donors (Lipinski definition) is 0. The zero-order chi connectivity index (χ0) is 19.6. The average molecular weight is 376 g/mol. The van der Waals surface area contributed by atoms with Crippen LogP contribution < -0.4 is 0 Å². The molecule has 2 heterocycles. The van der Waals surface area contributed by atoms with E-state index in [1.165, 1.54) is 20.8 Å². The largest absolute Gasteiger partial charge is 0.463 e. The number of benzene rings is 1. The molecule has 1 aromatic heterocycles. The fourth-order valence-electron chi connectivity index (χ4n) is 3.10. The number of esters is 3. The molecule has 1 aromatic carbocycles. The fourth-order valence-corrected chi connectivity index (χ4v) is 3.10. The monoisotopic (exact) mass is 376 g/mol. The first kappa shape index (κ1) is 18.8. The maximum atomic E-state index is 11.7. The summed E-state index contributed by atoms with van der Waals surface area (Å²) in [5.74, 6) is -1.62. The molecule has 4 atom stereocenters. The predicted molar refractivity (Wildman–Crippen MR) is 91.4 cm³/mol. The smallest absolute Gasteiger partial charge is 0.303 e. The van der Waals surface area contributed by atoms with Gasteiger partial charge in [-0.15, -0.1) is 0 Å². The molecule has 0 bridgehead atoms. The first-order valence-electron chi connectivity index (χ1n) is 8.41. The Hall–Kier alpha value is -2.94. The molecule has 9 heteroatoms. The van der Waals surface area contributed by atoms with Gasteiger partial charge in [-0.1, -0.05) is 12.1 Å². The molecule has 0 saturated carbocycles. The van der Waals surface area contributed by atoms with Crippen molar-refractivity contribution in [2.75, 3.05) is 6.61 Å². The minimum atomic E-state index is -0.933. The average Bonchev–Trinajstić information content (AvgIpc) is 3.15. The Balaban J connectivity index is 1.98. The molecule has 144 valence electrons. The summed E-state index contributed by atoms with van der Waals surface area (Å²) in [6, 6.07) is 7.37. The third kappa shape index (κ3) is 4.08. The highest BCUT2D eigenvalue weighted by Gasteiger charge is 2.50. The lowest BCUT2D eigenvalue weighted by molar-refractivity contribution is -0.166. The van der Waals surface area contributed by atoms with Crippen molar-refractivity contribution in [3.8, 4) is 0 Å². The zero-order valence-corrected chi connectivity index (χ0v) is 15.2. The molecule has 1 aliphatic heterocycles. The van der Waals surface area contributed by atoms with E-state index in [2.05, 4.69) is 4.98 Å².